The van der Waals surface area contributed by atoms with Gasteiger partial charge in [-0.25, -0.2) is 4.79 Å². The Morgan fingerprint density at radius 2 is 1.85 bits per heavy atom. The van der Waals surface area contributed by atoms with E-state index in [2.05, 4.69) is 13.2 Å². The highest BCUT2D eigenvalue weighted by Gasteiger charge is 2.42. The quantitative estimate of drug-likeness (QED) is 0.383. The second-order valence-electron chi connectivity index (χ2n) is 6.89. The molecular weight excluding hydrogens is 342 g/mol. The Labute approximate surface area is 152 Å². The molecule has 0 aromatic carbocycles. The fourth-order valence-electron chi connectivity index (χ4n) is 2.34. The number of aliphatic hydroxyl groups is 1. The maximum Gasteiger partial charge on any atom is 0.333 e. The number of rotatable bonds is 8. The molecule has 0 saturated carbocycles. The number of likely N-dealkylation sites (tertiary alicyclic amines) is 1. The van der Waals surface area contributed by atoms with Gasteiger partial charge in [-0.2, -0.15) is 0 Å². The summed E-state index contributed by atoms with van der Waals surface area (Å²) < 4.78 is 9.59. The molecule has 0 aromatic rings. The van der Waals surface area contributed by atoms with Crippen molar-refractivity contribution in [3.63, 3.8) is 0 Å². The van der Waals surface area contributed by atoms with Crippen molar-refractivity contribution >= 4 is 23.8 Å². The molecular formula is C18H25NO7. The monoisotopic (exact) mass is 367 g/mol. The predicted molar refractivity (Wildman–Crippen MR) is 91.6 cm³/mol. The van der Waals surface area contributed by atoms with Gasteiger partial charge in [0.25, 0.3) is 5.91 Å². The standard InChI is InChI=1S/C18H25NO7/c1-11(2)16(23)26-10-13(20)9-25-14(21)6-7-19-15(22)12(3)8-18(4,5)17(19)24/h13,20H,1,3,6-10H2,2,4-5H3. The molecule has 0 aromatic heterocycles. The summed E-state index contributed by atoms with van der Waals surface area (Å²) in [5.74, 6) is -2.20. The van der Waals surface area contributed by atoms with Crippen LogP contribution in [0.15, 0.2) is 24.3 Å². The van der Waals surface area contributed by atoms with Crippen molar-refractivity contribution < 1.29 is 33.8 Å². The molecule has 1 aliphatic rings. The number of carbonyl (C=O) groups is 4. The van der Waals surface area contributed by atoms with Crippen molar-refractivity contribution in [2.45, 2.75) is 39.7 Å². The average molecular weight is 367 g/mol. The van der Waals surface area contributed by atoms with Gasteiger partial charge >= 0.3 is 11.9 Å². The second kappa shape index (κ2) is 8.75. The van der Waals surface area contributed by atoms with Gasteiger partial charge in [-0.3, -0.25) is 19.3 Å². The molecule has 0 spiro atoms. The van der Waals surface area contributed by atoms with E-state index in [1.807, 2.05) is 0 Å². The molecule has 1 saturated heterocycles. The SMILES string of the molecule is C=C(C)C(=O)OCC(O)COC(=O)CCN1C(=O)C(=C)CC(C)(C)C1=O. The Morgan fingerprint density at radius 1 is 1.27 bits per heavy atom. The van der Waals surface area contributed by atoms with Gasteiger partial charge in [-0.15, -0.1) is 0 Å². The van der Waals surface area contributed by atoms with E-state index in [0.29, 0.717) is 5.57 Å². The van der Waals surface area contributed by atoms with Gasteiger partial charge in [0.15, 0.2) is 0 Å². The zero-order chi connectivity index (χ0) is 20.1. The Bertz CT molecular complexity index is 635. The number of ether oxygens (including phenoxy) is 2. The molecule has 1 fully saturated rings. The maximum absolute atomic E-state index is 12.3. The van der Waals surface area contributed by atoms with E-state index in [0.717, 1.165) is 4.90 Å². The van der Waals surface area contributed by atoms with Crippen LogP contribution in [0.1, 0.15) is 33.6 Å². The van der Waals surface area contributed by atoms with E-state index < -0.39 is 29.4 Å². The predicted octanol–water partition coefficient (Wildman–Crippen LogP) is 0.741. The van der Waals surface area contributed by atoms with Crippen LogP contribution in [-0.2, 0) is 28.7 Å². The third-order valence-corrected chi connectivity index (χ3v) is 3.76. The Morgan fingerprint density at radius 3 is 2.42 bits per heavy atom. The molecule has 0 radical (unpaired) electrons. The lowest BCUT2D eigenvalue weighted by molar-refractivity contribution is -0.154. The highest BCUT2D eigenvalue weighted by Crippen LogP contribution is 2.33. The second-order valence-corrected chi connectivity index (χ2v) is 6.89. The van der Waals surface area contributed by atoms with E-state index in [1.165, 1.54) is 6.92 Å². The largest absolute Gasteiger partial charge is 0.463 e. The number of nitrogens with zero attached hydrogens (tertiary/aromatic N) is 1. The van der Waals surface area contributed by atoms with E-state index in [4.69, 9.17) is 9.47 Å². The van der Waals surface area contributed by atoms with Crippen LogP contribution in [0.2, 0.25) is 0 Å². The zero-order valence-corrected chi connectivity index (χ0v) is 15.4. The van der Waals surface area contributed by atoms with Gasteiger partial charge in [-0.1, -0.05) is 27.0 Å². The molecule has 26 heavy (non-hydrogen) atoms. The van der Waals surface area contributed by atoms with Crippen molar-refractivity contribution in [2.75, 3.05) is 19.8 Å². The van der Waals surface area contributed by atoms with Gasteiger partial charge < -0.3 is 14.6 Å². The van der Waals surface area contributed by atoms with Gasteiger partial charge in [0.2, 0.25) is 5.91 Å². The summed E-state index contributed by atoms with van der Waals surface area (Å²) >= 11 is 0. The molecule has 1 rings (SSSR count). The molecule has 0 aliphatic carbocycles. The van der Waals surface area contributed by atoms with E-state index in [1.54, 1.807) is 13.8 Å². The molecule has 1 unspecified atom stereocenters. The molecule has 1 aliphatic heterocycles. The summed E-state index contributed by atoms with van der Waals surface area (Å²) in [7, 11) is 0. The summed E-state index contributed by atoms with van der Waals surface area (Å²) in [6, 6.07) is 0. The first-order valence-electron chi connectivity index (χ1n) is 8.16. The summed E-state index contributed by atoms with van der Waals surface area (Å²) in [5.41, 5.74) is -0.245. The van der Waals surface area contributed by atoms with Gasteiger partial charge in [-0.05, 0) is 13.3 Å². The van der Waals surface area contributed by atoms with Gasteiger partial charge in [0.05, 0.1) is 6.42 Å². The van der Waals surface area contributed by atoms with Crippen molar-refractivity contribution in [1.82, 2.24) is 4.90 Å². The van der Waals surface area contributed by atoms with Gasteiger partial charge in [0, 0.05) is 23.1 Å². The molecule has 1 atom stereocenters. The van der Waals surface area contributed by atoms with Crippen LogP contribution < -0.4 is 0 Å². The summed E-state index contributed by atoms with van der Waals surface area (Å²) in [6.07, 6.45) is -1.11. The lowest BCUT2D eigenvalue weighted by atomic mass is 9.80. The van der Waals surface area contributed by atoms with Gasteiger partial charge in [0.1, 0.15) is 19.3 Å². The lowest BCUT2D eigenvalue weighted by Crippen LogP contribution is -2.50. The Kier molecular flexibility index (Phi) is 7.26. The fourth-order valence-corrected chi connectivity index (χ4v) is 2.34. The van der Waals surface area contributed by atoms with Crippen LogP contribution in [0, 0.1) is 5.41 Å². The first-order valence-corrected chi connectivity index (χ1v) is 8.16. The van der Waals surface area contributed by atoms with E-state index in [-0.39, 0.29) is 44.1 Å². The number of piperidine rings is 1. The highest BCUT2D eigenvalue weighted by atomic mass is 16.6. The van der Waals surface area contributed by atoms with Crippen LogP contribution in [0.25, 0.3) is 0 Å². The molecule has 8 nitrogen and oxygen atoms in total. The molecule has 0 bridgehead atoms. The number of aliphatic hydroxyl groups excluding tert-OH is 1. The van der Waals surface area contributed by atoms with Crippen molar-refractivity contribution in [1.29, 1.82) is 0 Å². The topological polar surface area (TPSA) is 110 Å². The van der Waals surface area contributed by atoms with Crippen LogP contribution in [0.3, 0.4) is 0 Å². The molecule has 1 N–H and O–H groups in total. The number of carbonyl (C=O) groups excluding carboxylic acids is 4. The highest BCUT2D eigenvalue weighted by molar-refractivity contribution is 6.08. The minimum Gasteiger partial charge on any atom is -0.463 e. The molecule has 1 heterocycles. The average Bonchev–Trinajstić information content (AvgIpc) is 2.55. The Hall–Kier alpha value is -2.48. The first-order chi connectivity index (χ1) is 12.0. The first kappa shape index (κ1) is 21.6. The number of hydrogen-bond donors (Lipinski definition) is 1. The van der Waals surface area contributed by atoms with Crippen LogP contribution in [0.5, 0.6) is 0 Å². The molecule has 144 valence electrons. The number of esters is 2. The number of amides is 2. The molecule has 2 amide bonds. The van der Waals surface area contributed by atoms with Crippen LogP contribution in [0.4, 0.5) is 0 Å². The normalized spacial score (nSPS) is 17.7. The minimum absolute atomic E-state index is 0.125. The number of hydrogen-bond acceptors (Lipinski definition) is 7. The lowest BCUT2D eigenvalue weighted by Gasteiger charge is -2.36. The summed E-state index contributed by atoms with van der Waals surface area (Å²) in [6.45, 7) is 11.1. The smallest absolute Gasteiger partial charge is 0.333 e. The van der Waals surface area contributed by atoms with Crippen molar-refractivity contribution in [3.05, 3.63) is 24.3 Å². The third kappa shape index (κ3) is 5.80. The molecule has 8 heteroatoms. The summed E-state index contributed by atoms with van der Waals surface area (Å²) in [5, 5.41) is 9.62. The fraction of sp³-hybridized carbons (Fsp3) is 0.556. The van der Waals surface area contributed by atoms with Crippen LogP contribution >= 0.6 is 0 Å². The third-order valence-electron chi connectivity index (χ3n) is 3.76. The minimum atomic E-state index is -1.18. The zero-order valence-electron chi connectivity index (χ0n) is 15.4. The summed E-state index contributed by atoms with van der Waals surface area (Å²) in [4.78, 5) is 48.3. The van der Waals surface area contributed by atoms with E-state index in [9.17, 15) is 24.3 Å². The van der Waals surface area contributed by atoms with Crippen molar-refractivity contribution in [2.24, 2.45) is 5.41 Å². The van der Waals surface area contributed by atoms with Crippen molar-refractivity contribution in [3.8, 4) is 0 Å². The Balaban J connectivity index is 2.42. The maximum atomic E-state index is 12.3. The van der Waals surface area contributed by atoms with Crippen LogP contribution in [-0.4, -0.2) is 59.6 Å². The number of imide groups is 1. The van der Waals surface area contributed by atoms with E-state index >= 15 is 0 Å².